The lowest BCUT2D eigenvalue weighted by Crippen LogP contribution is -2.33. The van der Waals surface area contributed by atoms with E-state index in [4.69, 9.17) is 16.0 Å². The van der Waals surface area contributed by atoms with Crippen molar-refractivity contribution in [2.24, 2.45) is 0 Å². The molecule has 0 heterocycles. The Morgan fingerprint density at radius 1 is 1.13 bits per heavy atom. The molecule has 0 spiro atoms. The van der Waals surface area contributed by atoms with Gasteiger partial charge in [-0.25, -0.2) is 0 Å². The molecule has 0 aromatic heterocycles. The van der Waals surface area contributed by atoms with E-state index in [1.807, 2.05) is 0 Å². The fourth-order valence-corrected chi connectivity index (χ4v) is 3.87. The normalized spacial score (nSPS) is 15.0. The Bertz CT molecular complexity index is 147. The van der Waals surface area contributed by atoms with Crippen molar-refractivity contribution in [2.75, 3.05) is 0 Å². The van der Waals surface area contributed by atoms with Crippen molar-refractivity contribution in [3.05, 3.63) is 0 Å². The van der Waals surface area contributed by atoms with Gasteiger partial charge in [0.05, 0.1) is 5.60 Å². The van der Waals surface area contributed by atoms with Crippen LogP contribution in [0.5, 0.6) is 0 Å². The zero-order chi connectivity index (χ0) is 11.7. The van der Waals surface area contributed by atoms with Gasteiger partial charge in [-0.1, -0.05) is 40.0 Å². The van der Waals surface area contributed by atoms with E-state index in [0.717, 1.165) is 6.42 Å². The number of hydrogen-bond acceptors (Lipinski definition) is 1. The molecule has 0 aromatic rings. The molecule has 0 aliphatic carbocycles. The van der Waals surface area contributed by atoms with Crippen LogP contribution >= 0.6 is 11.6 Å². The van der Waals surface area contributed by atoms with Crippen molar-refractivity contribution in [1.29, 1.82) is 0 Å². The molecule has 0 radical (unpaired) electrons. The first kappa shape index (κ1) is 15.5. The molecule has 0 saturated carbocycles. The highest BCUT2D eigenvalue weighted by Crippen LogP contribution is 2.24. The minimum Gasteiger partial charge on any atom is -0.417 e. The molecule has 0 bridgehead atoms. The maximum atomic E-state index is 6.22. The molecule has 0 aromatic carbocycles. The summed E-state index contributed by atoms with van der Waals surface area (Å²) in [5.74, 6) is 0. The van der Waals surface area contributed by atoms with E-state index in [1.165, 1.54) is 32.1 Å². The van der Waals surface area contributed by atoms with Crippen molar-refractivity contribution in [3.8, 4) is 0 Å². The zero-order valence-electron chi connectivity index (χ0n) is 10.8. The summed E-state index contributed by atoms with van der Waals surface area (Å²) >= 11 is 6.22. The lowest BCUT2D eigenvalue weighted by Gasteiger charge is -2.31. The highest BCUT2D eigenvalue weighted by molar-refractivity contribution is 6.48. The van der Waals surface area contributed by atoms with Crippen molar-refractivity contribution in [3.63, 3.8) is 0 Å². The van der Waals surface area contributed by atoms with Gasteiger partial charge < -0.3 is 4.43 Å². The quantitative estimate of drug-likeness (QED) is 0.447. The van der Waals surface area contributed by atoms with Gasteiger partial charge in [0.1, 0.15) is 0 Å². The Hall–Kier alpha value is 0.467. The smallest absolute Gasteiger partial charge is 0.179 e. The summed E-state index contributed by atoms with van der Waals surface area (Å²) in [4.78, 5) is 0. The minimum atomic E-state index is -0.555. The van der Waals surface area contributed by atoms with Crippen LogP contribution in [-0.4, -0.2) is 20.4 Å². The number of alkyl halides is 1. The van der Waals surface area contributed by atoms with Crippen LogP contribution in [0.3, 0.4) is 0 Å². The summed E-state index contributed by atoms with van der Waals surface area (Å²) in [6.07, 6.45) is 7.02. The van der Waals surface area contributed by atoms with Gasteiger partial charge >= 0.3 is 0 Å². The average Bonchev–Trinajstić information content (AvgIpc) is 2.16. The predicted octanol–water partition coefficient (Wildman–Crippen LogP) is 3.81. The zero-order valence-corrected chi connectivity index (χ0v) is 13.0. The van der Waals surface area contributed by atoms with Crippen LogP contribution < -0.4 is 0 Å². The SMILES string of the molecule is CCCC(Cl)[SiH2]OC(C)(CCC)CCC. The van der Waals surface area contributed by atoms with Gasteiger partial charge in [0.25, 0.3) is 0 Å². The van der Waals surface area contributed by atoms with E-state index in [9.17, 15) is 0 Å². The molecule has 1 nitrogen and oxygen atoms in total. The fourth-order valence-electron chi connectivity index (χ4n) is 2.02. The molecule has 0 aliphatic heterocycles. The van der Waals surface area contributed by atoms with Crippen LogP contribution in [0, 0.1) is 0 Å². The topological polar surface area (TPSA) is 9.23 Å². The van der Waals surface area contributed by atoms with Crippen molar-refractivity contribution < 1.29 is 4.43 Å². The van der Waals surface area contributed by atoms with Crippen LogP contribution in [0.1, 0.15) is 66.2 Å². The molecular formula is C12H27ClOSi. The van der Waals surface area contributed by atoms with Gasteiger partial charge in [-0.15, -0.1) is 11.6 Å². The monoisotopic (exact) mass is 250 g/mol. The molecule has 1 atom stereocenters. The van der Waals surface area contributed by atoms with Crippen LogP contribution in [-0.2, 0) is 4.43 Å². The van der Waals surface area contributed by atoms with Crippen LogP contribution in [0.15, 0.2) is 0 Å². The average molecular weight is 251 g/mol. The molecule has 0 N–H and O–H groups in total. The van der Waals surface area contributed by atoms with E-state index in [0.29, 0.717) is 5.00 Å². The van der Waals surface area contributed by atoms with E-state index in [2.05, 4.69) is 27.7 Å². The first-order valence-corrected chi connectivity index (χ1v) is 8.19. The molecule has 15 heavy (non-hydrogen) atoms. The summed E-state index contributed by atoms with van der Waals surface area (Å²) < 4.78 is 6.13. The van der Waals surface area contributed by atoms with Gasteiger partial charge in [-0.3, -0.25) is 0 Å². The van der Waals surface area contributed by atoms with E-state index >= 15 is 0 Å². The highest BCUT2D eigenvalue weighted by Gasteiger charge is 2.23. The summed E-state index contributed by atoms with van der Waals surface area (Å²) in [6.45, 7) is 8.88. The Kier molecular flexibility index (Phi) is 8.87. The third-order valence-corrected chi connectivity index (χ3v) is 5.00. The third-order valence-electron chi connectivity index (χ3n) is 2.77. The van der Waals surface area contributed by atoms with Crippen molar-refractivity contribution in [2.45, 2.75) is 76.8 Å². The largest absolute Gasteiger partial charge is 0.417 e. The molecule has 0 aliphatic rings. The predicted molar refractivity (Wildman–Crippen MR) is 72.4 cm³/mol. The summed E-state index contributed by atoms with van der Waals surface area (Å²) in [5, 5.41) is 0.322. The van der Waals surface area contributed by atoms with Crippen molar-refractivity contribution in [1.82, 2.24) is 0 Å². The second kappa shape index (κ2) is 8.60. The van der Waals surface area contributed by atoms with Crippen molar-refractivity contribution >= 4 is 21.4 Å². The molecule has 0 amide bonds. The number of rotatable bonds is 9. The van der Waals surface area contributed by atoms with E-state index < -0.39 is 9.76 Å². The first-order chi connectivity index (χ1) is 7.08. The van der Waals surface area contributed by atoms with E-state index in [-0.39, 0.29) is 5.60 Å². The number of halogens is 1. The molecule has 92 valence electrons. The van der Waals surface area contributed by atoms with Gasteiger partial charge in [0.15, 0.2) is 9.76 Å². The standard InChI is InChI=1S/C12H27ClOSi/c1-5-8-11(13)15-14-12(4,9-6-2)10-7-3/h11H,5-10,15H2,1-4H3. The molecule has 0 rings (SSSR count). The highest BCUT2D eigenvalue weighted by atomic mass is 35.5. The maximum Gasteiger partial charge on any atom is 0.179 e. The first-order valence-electron chi connectivity index (χ1n) is 6.36. The number of hydrogen-bond donors (Lipinski definition) is 0. The second-order valence-electron chi connectivity index (χ2n) is 4.65. The Balaban J connectivity index is 3.93. The summed E-state index contributed by atoms with van der Waals surface area (Å²) in [5.41, 5.74) is 0.108. The Morgan fingerprint density at radius 3 is 2.07 bits per heavy atom. The summed E-state index contributed by atoms with van der Waals surface area (Å²) in [6, 6.07) is 0. The van der Waals surface area contributed by atoms with Gasteiger partial charge in [-0.05, 0) is 26.2 Å². The second-order valence-corrected chi connectivity index (χ2v) is 7.39. The van der Waals surface area contributed by atoms with Crippen LogP contribution in [0.25, 0.3) is 0 Å². The van der Waals surface area contributed by atoms with E-state index in [1.54, 1.807) is 0 Å². The van der Waals surface area contributed by atoms with Gasteiger partial charge in [0, 0.05) is 5.00 Å². The third kappa shape index (κ3) is 7.37. The molecule has 0 saturated heterocycles. The summed E-state index contributed by atoms with van der Waals surface area (Å²) in [7, 11) is -0.555. The molecular weight excluding hydrogens is 224 g/mol. The lowest BCUT2D eigenvalue weighted by molar-refractivity contribution is 0.0718. The van der Waals surface area contributed by atoms with Gasteiger partial charge in [-0.2, -0.15) is 0 Å². The molecule has 0 fully saturated rings. The Labute approximate surface area is 103 Å². The molecule has 1 unspecified atom stereocenters. The van der Waals surface area contributed by atoms with Crippen LogP contribution in [0.4, 0.5) is 0 Å². The Morgan fingerprint density at radius 2 is 1.67 bits per heavy atom. The maximum absolute atomic E-state index is 6.22. The molecule has 3 heteroatoms. The fraction of sp³-hybridized carbons (Fsp3) is 1.00. The lowest BCUT2D eigenvalue weighted by atomic mass is 9.95. The minimum absolute atomic E-state index is 0.108. The van der Waals surface area contributed by atoms with Gasteiger partial charge in [0.2, 0.25) is 0 Å². The van der Waals surface area contributed by atoms with Crippen LogP contribution in [0.2, 0.25) is 0 Å².